The van der Waals surface area contributed by atoms with Crippen LogP contribution < -0.4 is 0 Å². The number of hydrogen-bond acceptors (Lipinski definition) is 5. The normalized spacial score (nSPS) is 38.1. The number of rotatable bonds is 1. The number of hydrogen-bond donors (Lipinski definition) is 2. The van der Waals surface area contributed by atoms with Crippen molar-refractivity contribution in [1.29, 1.82) is 0 Å². The number of aliphatic hydroxyl groups is 2. The Morgan fingerprint density at radius 1 is 1.47 bits per heavy atom. The average Bonchev–Trinajstić information content (AvgIpc) is 2.84. The standard InChI is InChI=1S/C9H12N2O4/c12-9(13)3-6(11-2-1-10-5-11)7-4-14-8(9)15-7/h1-2,5-8,12-13H,3-4H2/t6-,7?,8+/m1/s1. The molecule has 1 aromatic heterocycles. The minimum Gasteiger partial charge on any atom is -0.362 e. The molecular formula is C9H12N2O4. The van der Waals surface area contributed by atoms with E-state index in [1.165, 1.54) is 0 Å². The van der Waals surface area contributed by atoms with Crippen LogP contribution in [-0.4, -0.2) is 44.6 Å². The third-order valence-corrected chi connectivity index (χ3v) is 2.93. The Balaban J connectivity index is 1.91. The molecule has 2 N–H and O–H groups in total. The van der Waals surface area contributed by atoms with Gasteiger partial charge in [0.2, 0.25) is 12.1 Å². The van der Waals surface area contributed by atoms with Crippen LogP contribution >= 0.6 is 0 Å². The first-order valence-electron chi connectivity index (χ1n) is 4.86. The molecule has 1 unspecified atom stereocenters. The van der Waals surface area contributed by atoms with Crippen molar-refractivity contribution >= 4 is 0 Å². The molecule has 0 spiro atoms. The number of nitrogens with zero attached hydrogens (tertiary/aromatic N) is 2. The molecule has 0 aromatic carbocycles. The van der Waals surface area contributed by atoms with Gasteiger partial charge in [-0.15, -0.1) is 0 Å². The zero-order valence-corrected chi connectivity index (χ0v) is 7.98. The molecule has 2 aliphatic heterocycles. The Bertz CT molecular complexity index is 351. The minimum atomic E-state index is -1.91. The minimum absolute atomic E-state index is 0.128. The van der Waals surface area contributed by atoms with E-state index in [-0.39, 0.29) is 18.6 Å². The second kappa shape index (κ2) is 3.02. The molecule has 3 atom stereocenters. The molecule has 2 fully saturated rings. The van der Waals surface area contributed by atoms with E-state index in [0.29, 0.717) is 6.61 Å². The highest BCUT2D eigenvalue weighted by Crippen LogP contribution is 2.39. The highest BCUT2D eigenvalue weighted by atomic mass is 16.8. The van der Waals surface area contributed by atoms with Gasteiger partial charge in [0.05, 0.1) is 19.0 Å². The van der Waals surface area contributed by atoms with E-state index in [9.17, 15) is 10.2 Å². The van der Waals surface area contributed by atoms with Crippen LogP contribution in [0.2, 0.25) is 0 Å². The fourth-order valence-electron chi connectivity index (χ4n) is 2.16. The van der Waals surface area contributed by atoms with Crippen LogP contribution in [0.15, 0.2) is 18.7 Å². The van der Waals surface area contributed by atoms with Crippen LogP contribution in [0.3, 0.4) is 0 Å². The van der Waals surface area contributed by atoms with Crippen molar-refractivity contribution in [2.24, 2.45) is 0 Å². The molecule has 3 rings (SSSR count). The molecule has 0 radical (unpaired) electrons. The van der Waals surface area contributed by atoms with Gasteiger partial charge in [0.15, 0.2) is 0 Å². The van der Waals surface area contributed by atoms with Crippen LogP contribution in [0.1, 0.15) is 12.5 Å². The van der Waals surface area contributed by atoms with E-state index >= 15 is 0 Å². The lowest BCUT2D eigenvalue weighted by Gasteiger charge is -2.36. The lowest BCUT2D eigenvalue weighted by Crippen LogP contribution is -2.50. The molecule has 1 aromatic rings. The summed E-state index contributed by atoms with van der Waals surface area (Å²) in [5, 5.41) is 19.4. The topological polar surface area (TPSA) is 76.7 Å². The number of aromatic nitrogens is 2. The summed E-state index contributed by atoms with van der Waals surface area (Å²) in [5.74, 6) is -1.91. The molecule has 6 heteroatoms. The number of imidazole rings is 1. The van der Waals surface area contributed by atoms with Gasteiger partial charge in [-0.1, -0.05) is 0 Å². The molecule has 3 heterocycles. The Hall–Kier alpha value is -0.950. The van der Waals surface area contributed by atoms with Crippen molar-refractivity contribution in [3.8, 4) is 0 Å². The predicted molar refractivity (Wildman–Crippen MR) is 47.7 cm³/mol. The molecule has 15 heavy (non-hydrogen) atoms. The van der Waals surface area contributed by atoms with Gasteiger partial charge >= 0.3 is 0 Å². The summed E-state index contributed by atoms with van der Waals surface area (Å²) in [5.41, 5.74) is 0. The SMILES string of the molecule is OC1(O)C[C@@H](n2ccnc2)C2CO[C@H]1O2. The summed E-state index contributed by atoms with van der Waals surface area (Å²) in [6.07, 6.45) is 4.22. The van der Waals surface area contributed by atoms with Crippen LogP contribution in [0, 0.1) is 0 Å². The smallest absolute Gasteiger partial charge is 0.217 e. The summed E-state index contributed by atoms with van der Waals surface area (Å²) in [4.78, 5) is 3.93. The lowest BCUT2D eigenvalue weighted by atomic mass is 9.99. The Morgan fingerprint density at radius 3 is 3.07 bits per heavy atom. The first kappa shape index (κ1) is 9.29. The second-order valence-electron chi connectivity index (χ2n) is 4.00. The highest BCUT2D eigenvalue weighted by Gasteiger charge is 2.52. The molecule has 2 saturated heterocycles. The fourth-order valence-corrected chi connectivity index (χ4v) is 2.16. The summed E-state index contributed by atoms with van der Waals surface area (Å²) in [7, 11) is 0. The fraction of sp³-hybridized carbons (Fsp3) is 0.667. The monoisotopic (exact) mass is 212 g/mol. The quantitative estimate of drug-likeness (QED) is 0.599. The zero-order chi connectivity index (χ0) is 10.5. The second-order valence-corrected chi connectivity index (χ2v) is 4.00. The maximum Gasteiger partial charge on any atom is 0.217 e. The van der Waals surface area contributed by atoms with Gasteiger partial charge in [-0.25, -0.2) is 4.98 Å². The molecule has 0 saturated carbocycles. The number of ether oxygens (including phenoxy) is 2. The van der Waals surface area contributed by atoms with Crippen molar-refractivity contribution in [2.75, 3.05) is 6.61 Å². The van der Waals surface area contributed by atoms with Gasteiger partial charge in [-0.05, 0) is 0 Å². The van der Waals surface area contributed by atoms with Gasteiger partial charge in [0.1, 0.15) is 6.10 Å². The summed E-state index contributed by atoms with van der Waals surface area (Å²) >= 11 is 0. The maximum absolute atomic E-state index is 9.70. The van der Waals surface area contributed by atoms with Crippen molar-refractivity contribution in [3.63, 3.8) is 0 Å². The van der Waals surface area contributed by atoms with Gasteiger partial charge in [0, 0.05) is 18.8 Å². The zero-order valence-electron chi connectivity index (χ0n) is 7.98. The van der Waals surface area contributed by atoms with E-state index in [1.54, 1.807) is 18.7 Å². The van der Waals surface area contributed by atoms with Crippen molar-refractivity contribution < 1.29 is 19.7 Å². The van der Waals surface area contributed by atoms with Crippen molar-refractivity contribution in [3.05, 3.63) is 18.7 Å². The summed E-state index contributed by atoms with van der Waals surface area (Å²) in [6, 6.07) is -0.138. The lowest BCUT2D eigenvalue weighted by molar-refractivity contribution is -0.315. The van der Waals surface area contributed by atoms with E-state index in [0.717, 1.165) is 0 Å². The van der Waals surface area contributed by atoms with Crippen molar-refractivity contribution in [1.82, 2.24) is 9.55 Å². The number of fused-ring (bicyclic) bond motifs is 2. The molecule has 0 amide bonds. The first-order chi connectivity index (χ1) is 7.17. The average molecular weight is 212 g/mol. The molecule has 2 aliphatic rings. The van der Waals surface area contributed by atoms with Crippen LogP contribution in [0.5, 0.6) is 0 Å². The van der Waals surface area contributed by atoms with E-state index in [4.69, 9.17) is 9.47 Å². The maximum atomic E-state index is 9.70. The van der Waals surface area contributed by atoms with Crippen LogP contribution in [0.25, 0.3) is 0 Å². The molecule has 0 aliphatic carbocycles. The molecule has 6 nitrogen and oxygen atoms in total. The third kappa shape index (κ3) is 1.37. The largest absolute Gasteiger partial charge is 0.362 e. The first-order valence-corrected chi connectivity index (χ1v) is 4.86. The predicted octanol–water partition coefficient (Wildman–Crippen LogP) is -0.750. The van der Waals surface area contributed by atoms with Crippen LogP contribution in [-0.2, 0) is 9.47 Å². The van der Waals surface area contributed by atoms with Crippen LogP contribution in [0.4, 0.5) is 0 Å². The van der Waals surface area contributed by atoms with Gasteiger partial charge < -0.3 is 24.3 Å². The molecule has 2 bridgehead atoms. The molecule has 82 valence electrons. The summed E-state index contributed by atoms with van der Waals surface area (Å²) in [6.45, 7) is 0.385. The Morgan fingerprint density at radius 2 is 2.33 bits per heavy atom. The van der Waals surface area contributed by atoms with E-state index < -0.39 is 12.1 Å². The van der Waals surface area contributed by atoms with E-state index in [2.05, 4.69) is 4.98 Å². The highest BCUT2D eigenvalue weighted by molar-refractivity contribution is 4.95. The Labute approximate surface area is 86.1 Å². The summed E-state index contributed by atoms with van der Waals surface area (Å²) < 4.78 is 12.4. The molecular weight excluding hydrogens is 200 g/mol. The van der Waals surface area contributed by atoms with Gasteiger partial charge in [-0.3, -0.25) is 0 Å². The van der Waals surface area contributed by atoms with Crippen molar-refractivity contribution in [2.45, 2.75) is 30.6 Å². The van der Waals surface area contributed by atoms with E-state index in [1.807, 2.05) is 4.57 Å². The Kier molecular flexibility index (Phi) is 1.87. The van der Waals surface area contributed by atoms with Gasteiger partial charge in [-0.2, -0.15) is 0 Å². The van der Waals surface area contributed by atoms with Gasteiger partial charge in [0.25, 0.3) is 0 Å². The third-order valence-electron chi connectivity index (χ3n) is 2.93.